The predicted molar refractivity (Wildman–Crippen MR) is 144 cm³/mol. The molecular weight excluding hydrogens is 548 g/mol. The average Bonchev–Trinajstić information content (AvgIpc) is 3.41. The van der Waals surface area contributed by atoms with Crippen LogP contribution < -0.4 is 0 Å². The lowest BCUT2D eigenvalue weighted by atomic mass is 9.88. The number of rotatable bonds is 7. The summed E-state index contributed by atoms with van der Waals surface area (Å²) in [4.78, 5) is 18.0. The molecule has 3 heterocycles. The third-order valence-corrected chi connectivity index (χ3v) is 7.39. The Morgan fingerprint density at radius 3 is 2.40 bits per heavy atom. The molecule has 4 aromatic rings. The number of carboxylic acids is 1. The zero-order chi connectivity index (χ0) is 28.4. The number of likely N-dealkylation sites (tertiary alicyclic amines) is 1. The maximum absolute atomic E-state index is 13.8. The number of pyridine rings is 1. The molecule has 1 fully saturated rings. The number of alkyl halides is 4. The molecule has 0 aliphatic carbocycles. The van der Waals surface area contributed by atoms with Crippen molar-refractivity contribution in [1.29, 1.82) is 0 Å². The van der Waals surface area contributed by atoms with E-state index in [1.54, 1.807) is 18.2 Å². The van der Waals surface area contributed by atoms with Gasteiger partial charge >= 0.3 is 12.1 Å². The van der Waals surface area contributed by atoms with Crippen LogP contribution in [-0.2, 0) is 6.18 Å². The van der Waals surface area contributed by atoms with Crippen molar-refractivity contribution in [3.05, 3.63) is 88.7 Å². The first-order chi connectivity index (χ1) is 19.2. The molecule has 1 aliphatic heterocycles. The number of hydrogen-bond donors (Lipinski definition) is 1. The fourth-order valence-electron chi connectivity index (χ4n) is 5.17. The van der Waals surface area contributed by atoms with Gasteiger partial charge in [-0.25, -0.2) is 18.9 Å². The number of nitrogens with zero attached hydrogens (tertiary/aromatic N) is 4. The van der Waals surface area contributed by atoms with Crippen LogP contribution in [0.4, 0.5) is 17.6 Å². The third kappa shape index (κ3) is 5.73. The Hall–Kier alpha value is -3.76. The number of aromatic nitrogens is 3. The second-order valence-electron chi connectivity index (χ2n) is 9.62. The van der Waals surface area contributed by atoms with E-state index in [2.05, 4.69) is 27.1 Å². The molecule has 0 bridgehead atoms. The van der Waals surface area contributed by atoms with Crippen molar-refractivity contribution in [2.75, 3.05) is 26.3 Å². The molecule has 1 saturated heterocycles. The lowest BCUT2D eigenvalue weighted by molar-refractivity contribution is -0.143. The van der Waals surface area contributed by atoms with Crippen molar-refractivity contribution in [3.63, 3.8) is 0 Å². The van der Waals surface area contributed by atoms with Gasteiger partial charge in [0.15, 0.2) is 11.5 Å². The van der Waals surface area contributed by atoms with Gasteiger partial charge in [-0.1, -0.05) is 48.0 Å². The fraction of sp³-hybridized carbons (Fsp3) is 0.276. The van der Waals surface area contributed by atoms with Gasteiger partial charge in [0.25, 0.3) is 0 Å². The van der Waals surface area contributed by atoms with Crippen LogP contribution in [-0.4, -0.2) is 57.0 Å². The van der Waals surface area contributed by atoms with Gasteiger partial charge in [0.1, 0.15) is 12.2 Å². The van der Waals surface area contributed by atoms with E-state index in [4.69, 9.17) is 11.6 Å². The molecule has 0 saturated carbocycles. The topological polar surface area (TPSA) is 71.2 Å². The number of hydrogen-bond acceptors (Lipinski definition) is 4. The molecule has 0 unspecified atom stereocenters. The summed E-state index contributed by atoms with van der Waals surface area (Å²) in [5.41, 5.74) is 1.42. The molecule has 40 heavy (non-hydrogen) atoms. The second-order valence-corrected chi connectivity index (χ2v) is 10.1. The van der Waals surface area contributed by atoms with E-state index < -0.39 is 23.4 Å². The molecule has 1 N–H and O–H groups in total. The van der Waals surface area contributed by atoms with Crippen molar-refractivity contribution in [2.24, 2.45) is 0 Å². The molecule has 208 valence electrons. The smallest absolute Gasteiger partial charge is 0.434 e. The third-order valence-electron chi connectivity index (χ3n) is 7.16. The number of benzene rings is 2. The van der Waals surface area contributed by atoms with E-state index in [9.17, 15) is 27.5 Å². The van der Waals surface area contributed by atoms with Crippen LogP contribution in [0.3, 0.4) is 0 Å². The van der Waals surface area contributed by atoms with Crippen molar-refractivity contribution >= 4 is 17.6 Å². The van der Waals surface area contributed by atoms with Crippen LogP contribution in [0.25, 0.3) is 28.2 Å². The minimum absolute atomic E-state index is 0.183. The minimum atomic E-state index is -4.96. The monoisotopic (exact) mass is 572 g/mol. The zero-order valence-corrected chi connectivity index (χ0v) is 22.0. The van der Waals surface area contributed by atoms with Crippen LogP contribution in [0.15, 0.2) is 66.9 Å². The number of carbonyl (C=O) groups is 1. The van der Waals surface area contributed by atoms with Crippen molar-refractivity contribution in [1.82, 2.24) is 19.7 Å². The molecule has 0 radical (unpaired) electrons. The van der Waals surface area contributed by atoms with E-state index in [-0.39, 0.29) is 12.5 Å². The molecule has 6 nitrogen and oxygen atoms in total. The molecule has 5 rings (SSSR count). The van der Waals surface area contributed by atoms with Gasteiger partial charge in [-0.3, -0.25) is 0 Å². The maximum atomic E-state index is 13.8. The molecule has 2 aromatic heterocycles. The summed E-state index contributed by atoms with van der Waals surface area (Å²) in [5.74, 6) is -1.53. The molecule has 0 spiro atoms. The van der Waals surface area contributed by atoms with Gasteiger partial charge in [-0.2, -0.15) is 18.3 Å². The van der Waals surface area contributed by atoms with Crippen molar-refractivity contribution < 1.29 is 27.5 Å². The summed E-state index contributed by atoms with van der Waals surface area (Å²) in [6, 6.07) is 17.9. The maximum Gasteiger partial charge on any atom is 0.434 e. The Bertz CT molecular complexity index is 1510. The minimum Gasteiger partial charge on any atom is -0.478 e. The zero-order valence-electron chi connectivity index (χ0n) is 21.2. The van der Waals surface area contributed by atoms with Crippen LogP contribution >= 0.6 is 11.6 Å². The normalized spacial score (nSPS) is 14.9. The van der Waals surface area contributed by atoms with Crippen LogP contribution in [0.1, 0.15) is 40.4 Å². The predicted octanol–water partition coefficient (Wildman–Crippen LogP) is 7.12. The summed E-state index contributed by atoms with van der Waals surface area (Å²) in [6.45, 7) is 1.86. The van der Waals surface area contributed by atoms with Crippen molar-refractivity contribution in [2.45, 2.75) is 24.9 Å². The number of carboxylic acid groups (broad SMARTS) is 1. The quantitative estimate of drug-likeness (QED) is 0.239. The Kier molecular flexibility index (Phi) is 7.91. The van der Waals surface area contributed by atoms with Gasteiger partial charge in [0, 0.05) is 17.1 Å². The summed E-state index contributed by atoms with van der Waals surface area (Å²) in [7, 11) is 0. The summed E-state index contributed by atoms with van der Waals surface area (Å²) in [5, 5.41) is 13.4. The van der Waals surface area contributed by atoms with Gasteiger partial charge in [0.05, 0.1) is 11.9 Å². The van der Waals surface area contributed by atoms with Gasteiger partial charge in [-0.15, -0.1) is 0 Å². The summed E-state index contributed by atoms with van der Waals surface area (Å²) < 4.78 is 54.5. The molecule has 2 aromatic carbocycles. The first-order valence-electron chi connectivity index (χ1n) is 12.7. The Morgan fingerprint density at radius 2 is 1.75 bits per heavy atom. The lowest BCUT2D eigenvalue weighted by Gasteiger charge is -2.31. The first-order valence-corrected chi connectivity index (χ1v) is 13.1. The molecule has 1 aliphatic rings. The summed E-state index contributed by atoms with van der Waals surface area (Å²) >= 11 is 6.31. The second kappa shape index (κ2) is 11.4. The summed E-state index contributed by atoms with van der Waals surface area (Å²) in [6.07, 6.45) is -2.39. The van der Waals surface area contributed by atoms with Crippen LogP contribution in [0, 0.1) is 0 Å². The number of piperidine rings is 1. The van der Waals surface area contributed by atoms with Gasteiger partial charge in [-0.05, 0) is 72.8 Å². The Balaban J connectivity index is 1.48. The van der Waals surface area contributed by atoms with E-state index in [0.29, 0.717) is 39.6 Å². The largest absolute Gasteiger partial charge is 0.478 e. The molecule has 0 amide bonds. The number of halogens is 5. The van der Waals surface area contributed by atoms with E-state index in [1.807, 2.05) is 18.2 Å². The van der Waals surface area contributed by atoms with Crippen LogP contribution in [0.2, 0.25) is 5.02 Å². The van der Waals surface area contributed by atoms with E-state index in [1.165, 1.54) is 17.7 Å². The Morgan fingerprint density at radius 1 is 1.02 bits per heavy atom. The van der Waals surface area contributed by atoms with Gasteiger partial charge in [0.2, 0.25) is 0 Å². The standard InChI is InChI=1S/C29H25ClF4N4O2/c30-21-8-9-22(20-6-4-18(5-7-20)19-10-13-37(14-11-19)15-12-31)23(16-21)25-2-1-3-26(36-25)38-27(29(32,33)34)24(17-35-38)28(39)40/h1-9,16-17,19H,10-15H2,(H,39,40). The first kappa shape index (κ1) is 27.8. The highest BCUT2D eigenvalue weighted by molar-refractivity contribution is 6.31. The molecular formula is C29H25ClF4N4O2. The Labute approximate surface area is 232 Å². The SMILES string of the molecule is O=C(O)c1cnn(-c2cccc(-c3cc(Cl)ccc3-c3ccc(C4CCN(CCF)CC4)cc3)n2)c1C(F)(F)F. The van der Waals surface area contributed by atoms with Gasteiger partial charge < -0.3 is 10.0 Å². The molecule has 0 atom stereocenters. The average molecular weight is 573 g/mol. The highest BCUT2D eigenvalue weighted by Gasteiger charge is 2.41. The lowest BCUT2D eigenvalue weighted by Crippen LogP contribution is -2.34. The number of aromatic carboxylic acids is 1. The van der Waals surface area contributed by atoms with E-state index >= 15 is 0 Å². The fourth-order valence-corrected chi connectivity index (χ4v) is 5.34. The highest BCUT2D eigenvalue weighted by atomic mass is 35.5. The molecule has 11 heteroatoms. The highest BCUT2D eigenvalue weighted by Crippen LogP contribution is 2.37. The van der Waals surface area contributed by atoms with Crippen LogP contribution in [0.5, 0.6) is 0 Å². The van der Waals surface area contributed by atoms with Crippen molar-refractivity contribution in [3.8, 4) is 28.2 Å². The van der Waals surface area contributed by atoms with E-state index in [0.717, 1.165) is 37.1 Å².